The molecule has 2 aromatic carbocycles. The van der Waals surface area contributed by atoms with Gasteiger partial charge in [-0.25, -0.2) is 17.2 Å². The number of ether oxygens (including phenoxy) is 1. The van der Waals surface area contributed by atoms with E-state index in [4.69, 9.17) is 4.74 Å². The zero-order valence-electron chi connectivity index (χ0n) is 17.5. The number of nitrogens with one attached hydrogen (secondary N) is 1. The summed E-state index contributed by atoms with van der Waals surface area (Å²) < 4.78 is 58.8. The fourth-order valence-corrected chi connectivity index (χ4v) is 4.82. The fourth-order valence-electron chi connectivity index (χ4n) is 3.30. The number of hydrogen-bond acceptors (Lipinski definition) is 5. The van der Waals surface area contributed by atoms with Gasteiger partial charge in [-0.3, -0.25) is 9.59 Å². The fraction of sp³-hybridized carbons (Fsp3) is 0.364. The van der Waals surface area contributed by atoms with Crippen molar-refractivity contribution in [2.24, 2.45) is 0 Å². The van der Waals surface area contributed by atoms with Crippen molar-refractivity contribution in [2.75, 3.05) is 18.4 Å². The minimum atomic E-state index is -3.50. The number of rotatable bonds is 8. The summed E-state index contributed by atoms with van der Waals surface area (Å²) in [6.45, 7) is 2.33. The second-order valence-electron chi connectivity index (χ2n) is 7.47. The predicted molar refractivity (Wildman–Crippen MR) is 113 cm³/mol. The molecule has 32 heavy (non-hydrogen) atoms. The van der Waals surface area contributed by atoms with Crippen molar-refractivity contribution in [3.05, 3.63) is 59.7 Å². The Hall–Kier alpha value is -2.85. The van der Waals surface area contributed by atoms with E-state index in [0.717, 1.165) is 36.6 Å². The maximum atomic E-state index is 13.6. The maximum Gasteiger partial charge on any atom is 0.306 e. The van der Waals surface area contributed by atoms with E-state index in [1.54, 1.807) is 12.1 Å². The molecule has 1 amide bonds. The molecule has 0 aromatic heterocycles. The highest BCUT2D eigenvalue weighted by Gasteiger charge is 2.27. The summed E-state index contributed by atoms with van der Waals surface area (Å²) in [6, 6.07) is 9.44. The van der Waals surface area contributed by atoms with Crippen LogP contribution < -0.4 is 5.32 Å². The third-order valence-corrected chi connectivity index (χ3v) is 7.05. The molecular weight excluding hydrogens is 442 g/mol. The lowest BCUT2D eigenvalue weighted by Gasteiger charge is -2.16. The van der Waals surface area contributed by atoms with Crippen molar-refractivity contribution >= 4 is 27.6 Å². The highest BCUT2D eigenvalue weighted by molar-refractivity contribution is 7.89. The van der Waals surface area contributed by atoms with Gasteiger partial charge in [0.25, 0.3) is 5.91 Å². The maximum absolute atomic E-state index is 13.6. The Bertz CT molecular complexity index is 1060. The Balaban J connectivity index is 1.50. The number of benzene rings is 2. The molecule has 1 saturated heterocycles. The van der Waals surface area contributed by atoms with Gasteiger partial charge in [0.05, 0.1) is 4.90 Å². The van der Waals surface area contributed by atoms with Gasteiger partial charge in [-0.05, 0) is 56.0 Å². The average molecular weight is 467 g/mol. The highest BCUT2D eigenvalue weighted by atomic mass is 32.2. The van der Waals surface area contributed by atoms with Crippen molar-refractivity contribution < 1.29 is 31.5 Å². The second-order valence-corrected chi connectivity index (χ2v) is 9.41. The first kappa shape index (κ1) is 23.8. The number of carbonyl (C=O) groups is 2. The topological polar surface area (TPSA) is 92.8 Å². The molecule has 172 valence electrons. The molecule has 1 aliphatic rings. The molecule has 1 aliphatic heterocycles. The van der Waals surface area contributed by atoms with Gasteiger partial charge in [0, 0.05) is 19.5 Å². The average Bonchev–Trinajstić information content (AvgIpc) is 3.31. The van der Waals surface area contributed by atoms with Crippen LogP contribution in [0.4, 0.5) is 14.5 Å². The molecule has 0 saturated carbocycles. The van der Waals surface area contributed by atoms with Crippen LogP contribution in [0.1, 0.15) is 31.7 Å². The van der Waals surface area contributed by atoms with Crippen LogP contribution in [0.25, 0.3) is 0 Å². The van der Waals surface area contributed by atoms with Crippen LogP contribution >= 0.6 is 0 Å². The SMILES string of the molecule is CC(OC(=O)CCc1ccc(S(=O)(=O)N2CCCC2)cc1)C(=O)Nc1c(F)cccc1F. The molecule has 1 unspecified atom stereocenters. The van der Waals surface area contributed by atoms with Crippen LogP contribution in [-0.4, -0.2) is 43.8 Å². The van der Waals surface area contributed by atoms with Crippen LogP contribution in [0.5, 0.6) is 0 Å². The Morgan fingerprint density at radius 1 is 1.06 bits per heavy atom. The summed E-state index contributed by atoms with van der Waals surface area (Å²) in [5.74, 6) is -3.41. The van der Waals surface area contributed by atoms with E-state index in [9.17, 15) is 26.8 Å². The number of anilines is 1. The largest absolute Gasteiger partial charge is 0.453 e. The first-order valence-electron chi connectivity index (χ1n) is 10.2. The Kier molecular flexibility index (Phi) is 7.57. The molecule has 0 bridgehead atoms. The van der Waals surface area contributed by atoms with Gasteiger partial charge in [0.2, 0.25) is 10.0 Å². The third kappa shape index (κ3) is 5.68. The van der Waals surface area contributed by atoms with Gasteiger partial charge in [0.1, 0.15) is 17.3 Å². The quantitative estimate of drug-likeness (QED) is 0.603. The molecule has 10 heteroatoms. The minimum absolute atomic E-state index is 0.0517. The van der Waals surface area contributed by atoms with E-state index in [2.05, 4.69) is 5.32 Å². The normalized spacial score (nSPS) is 15.3. The number of amides is 1. The first-order chi connectivity index (χ1) is 15.2. The van der Waals surface area contributed by atoms with Crippen molar-refractivity contribution in [2.45, 2.75) is 43.6 Å². The van der Waals surface area contributed by atoms with Gasteiger partial charge in [-0.2, -0.15) is 4.31 Å². The van der Waals surface area contributed by atoms with Crippen molar-refractivity contribution in [1.29, 1.82) is 0 Å². The molecular formula is C22H24F2N2O5S. The van der Waals surface area contributed by atoms with Gasteiger partial charge in [-0.1, -0.05) is 18.2 Å². The van der Waals surface area contributed by atoms with Crippen molar-refractivity contribution in [3.8, 4) is 0 Å². The zero-order valence-corrected chi connectivity index (χ0v) is 18.3. The lowest BCUT2D eigenvalue weighted by Crippen LogP contribution is -2.30. The standard InChI is InChI=1S/C22H24F2N2O5S/c1-15(22(28)25-21-18(23)5-4-6-19(21)24)31-20(27)12-9-16-7-10-17(11-8-16)32(29,30)26-13-2-3-14-26/h4-8,10-11,15H,2-3,9,12-14H2,1H3,(H,25,28). The number of para-hydroxylation sites is 1. The van der Waals surface area contributed by atoms with E-state index in [-0.39, 0.29) is 17.7 Å². The summed E-state index contributed by atoms with van der Waals surface area (Å²) in [5, 5.41) is 2.07. The number of esters is 1. The monoisotopic (exact) mass is 466 g/mol. The van der Waals surface area contributed by atoms with Crippen molar-refractivity contribution in [1.82, 2.24) is 4.31 Å². The van der Waals surface area contributed by atoms with Crippen LogP contribution in [0.2, 0.25) is 0 Å². The zero-order chi connectivity index (χ0) is 23.3. The molecule has 1 N–H and O–H groups in total. The number of aryl methyl sites for hydroxylation is 1. The van der Waals surface area contributed by atoms with Gasteiger partial charge >= 0.3 is 5.97 Å². The number of sulfonamides is 1. The molecule has 1 atom stereocenters. The summed E-state index contributed by atoms with van der Waals surface area (Å²) in [5.41, 5.74) is 0.122. The first-order valence-corrected chi connectivity index (χ1v) is 11.7. The van der Waals surface area contributed by atoms with Crippen LogP contribution in [-0.2, 0) is 30.8 Å². The van der Waals surface area contributed by atoms with Crippen LogP contribution in [0, 0.1) is 11.6 Å². The Morgan fingerprint density at radius 3 is 2.25 bits per heavy atom. The van der Waals surface area contributed by atoms with Gasteiger partial charge < -0.3 is 10.1 Å². The molecule has 0 radical (unpaired) electrons. The number of halogens is 2. The van der Waals surface area contributed by atoms with E-state index in [1.807, 2.05) is 0 Å². The summed E-state index contributed by atoms with van der Waals surface area (Å²) in [6.07, 6.45) is 0.675. The molecule has 0 spiro atoms. The molecule has 1 fully saturated rings. The number of hydrogen-bond donors (Lipinski definition) is 1. The Morgan fingerprint density at radius 2 is 1.66 bits per heavy atom. The number of nitrogens with zero attached hydrogens (tertiary/aromatic N) is 1. The second kappa shape index (κ2) is 10.2. The van der Waals surface area contributed by atoms with E-state index < -0.39 is 45.3 Å². The summed E-state index contributed by atoms with van der Waals surface area (Å²) in [7, 11) is -3.50. The van der Waals surface area contributed by atoms with Crippen molar-refractivity contribution in [3.63, 3.8) is 0 Å². The van der Waals surface area contributed by atoms with E-state index >= 15 is 0 Å². The lowest BCUT2D eigenvalue weighted by atomic mass is 10.1. The third-order valence-electron chi connectivity index (χ3n) is 5.13. The van der Waals surface area contributed by atoms with Crippen LogP contribution in [0.3, 0.4) is 0 Å². The molecule has 7 nitrogen and oxygen atoms in total. The van der Waals surface area contributed by atoms with Gasteiger partial charge in [0.15, 0.2) is 6.10 Å². The number of carbonyl (C=O) groups excluding carboxylic acids is 2. The van der Waals surface area contributed by atoms with Crippen LogP contribution in [0.15, 0.2) is 47.4 Å². The molecule has 3 rings (SSSR count). The van der Waals surface area contributed by atoms with E-state index in [1.165, 1.54) is 23.4 Å². The van der Waals surface area contributed by atoms with E-state index in [0.29, 0.717) is 13.1 Å². The van der Waals surface area contributed by atoms with Gasteiger partial charge in [-0.15, -0.1) is 0 Å². The summed E-state index contributed by atoms with van der Waals surface area (Å²) in [4.78, 5) is 24.4. The molecule has 1 heterocycles. The Labute approximate surface area is 185 Å². The molecule has 2 aromatic rings. The lowest BCUT2D eigenvalue weighted by molar-refractivity contribution is -0.153. The summed E-state index contributed by atoms with van der Waals surface area (Å²) >= 11 is 0. The highest BCUT2D eigenvalue weighted by Crippen LogP contribution is 2.22. The predicted octanol–water partition coefficient (Wildman–Crippen LogP) is 3.25. The minimum Gasteiger partial charge on any atom is -0.453 e. The molecule has 0 aliphatic carbocycles. The smallest absolute Gasteiger partial charge is 0.306 e.